The van der Waals surface area contributed by atoms with Gasteiger partial charge in [-0.1, -0.05) is 17.7 Å². The van der Waals surface area contributed by atoms with Gasteiger partial charge in [0.05, 0.1) is 24.2 Å². The second-order valence-corrected chi connectivity index (χ2v) is 7.51. The van der Waals surface area contributed by atoms with Crippen molar-refractivity contribution in [3.05, 3.63) is 106 Å². The quantitative estimate of drug-likeness (QED) is 0.437. The Labute approximate surface area is 195 Å². The van der Waals surface area contributed by atoms with Gasteiger partial charge in [-0.25, -0.2) is 14.4 Å². The van der Waals surface area contributed by atoms with Gasteiger partial charge in [-0.2, -0.15) is 10.2 Å². The summed E-state index contributed by atoms with van der Waals surface area (Å²) < 4.78 is 8.88. The second-order valence-electron chi connectivity index (χ2n) is 7.07. The van der Waals surface area contributed by atoms with Crippen molar-refractivity contribution in [2.24, 2.45) is 10.7 Å². The first-order valence-corrected chi connectivity index (χ1v) is 10.4. The minimum Gasteiger partial charge on any atom is -0.494 e. The van der Waals surface area contributed by atoms with Gasteiger partial charge < -0.3 is 10.5 Å². The lowest BCUT2D eigenvalue weighted by Gasteiger charge is -2.14. The molecule has 0 amide bonds. The number of aromatic nitrogens is 4. The zero-order chi connectivity index (χ0) is 23.4. The Bertz CT molecular complexity index is 1410. The topological polar surface area (TPSA) is 100 Å². The SMILES string of the molecule is COc1cc(-n2cccn2)ccc1-n1ccc(=O)c(C(=Nc2cccc(Cl)c2)C(C)=CN)n1. The Morgan fingerprint density at radius 2 is 1.97 bits per heavy atom. The van der Waals surface area contributed by atoms with E-state index in [2.05, 4.69) is 15.2 Å². The molecule has 9 heteroatoms. The summed E-state index contributed by atoms with van der Waals surface area (Å²) in [5.74, 6) is 0.560. The molecule has 2 aromatic carbocycles. The van der Waals surface area contributed by atoms with E-state index in [0.717, 1.165) is 5.69 Å². The summed E-state index contributed by atoms with van der Waals surface area (Å²) >= 11 is 6.10. The highest BCUT2D eigenvalue weighted by Crippen LogP contribution is 2.25. The van der Waals surface area contributed by atoms with Crippen LogP contribution in [0.4, 0.5) is 5.69 Å². The van der Waals surface area contributed by atoms with E-state index in [4.69, 9.17) is 22.1 Å². The number of aliphatic imine (C=N–C) groups is 1. The van der Waals surface area contributed by atoms with Crippen molar-refractivity contribution < 1.29 is 4.74 Å². The fourth-order valence-corrected chi connectivity index (χ4v) is 3.39. The van der Waals surface area contributed by atoms with Crippen LogP contribution in [0, 0.1) is 0 Å². The van der Waals surface area contributed by atoms with Gasteiger partial charge in [0.1, 0.15) is 11.4 Å². The molecule has 4 aromatic rings. The van der Waals surface area contributed by atoms with Crippen LogP contribution in [0.25, 0.3) is 11.4 Å². The van der Waals surface area contributed by atoms with E-state index in [0.29, 0.717) is 33.4 Å². The molecule has 0 unspecified atom stereocenters. The van der Waals surface area contributed by atoms with E-state index in [1.165, 1.54) is 12.3 Å². The van der Waals surface area contributed by atoms with Gasteiger partial charge in [-0.05, 0) is 55.1 Å². The van der Waals surface area contributed by atoms with Gasteiger partial charge in [0.25, 0.3) is 0 Å². The van der Waals surface area contributed by atoms with Crippen molar-refractivity contribution in [3.63, 3.8) is 0 Å². The van der Waals surface area contributed by atoms with E-state index >= 15 is 0 Å². The number of methoxy groups -OCH3 is 1. The first-order chi connectivity index (χ1) is 16.0. The van der Waals surface area contributed by atoms with Crippen molar-refractivity contribution in [1.29, 1.82) is 0 Å². The van der Waals surface area contributed by atoms with Crippen LogP contribution in [-0.4, -0.2) is 32.4 Å². The summed E-state index contributed by atoms with van der Waals surface area (Å²) in [5.41, 5.74) is 8.62. The van der Waals surface area contributed by atoms with Crippen molar-refractivity contribution in [2.45, 2.75) is 6.92 Å². The van der Waals surface area contributed by atoms with Crippen molar-refractivity contribution in [1.82, 2.24) is 19.6 Å². The molecular weight excluding hydrogens is 440 g/mol. The van der Waals surface area contributed by atoms with E-state index in [-0.39, 0.29) is 11.1 Å². The first kappa shape index (κ1) is 22.0. The van der Waals surface area contributed by atoms with Crippen molar-refractivity contribution >= 4 is 23.0 Å². The number of nitrogens with zero attached hydrogens (tertiary/aromatic N) is 5. The molecule has 2 heterocycles. The maximum Gasteiger partial charge on any atom is 0.209 e. The molecule has 0 saturated carbocycles. The lowest BCUT2D eigenvalue weighted by Crippen LogP contribution is -2.22. The molecule has 166 valence electrons. The number of halogens is 1. The lowest BCUT2D eigenvalue weighted by atomic mass is 10.1. The maximum absolute atomic E-state index is 12.8. The molecule has 8 nitrogen and oxygen atoms in total. The molecule has 0 saturated heterocycles. The van der Waals surface area contributed by atoms with E-state index in [9.17, 15) is 4.79 Å². The number of ether oxygens (including phenoxy) is 1. The highest BCUT2D eigenvalue weighted by atomic mass is 35.5. The van der Waals surface area contributed by atoms with E-state index in [1.54, 1.807) is 60.1 Å². The number of hydrogen-bond acceptors (Lipinski definition) is 6. The number of allylic oxidation sites excluding steroid dienone is 1. The van der Waals surface area contributed by atoms with Crippen LogP contribution in [0.15, 0.2) is 94.7 Å². The van der Waals surface area contributed by atoms with Crippen molar-refractivity contribution in [2.75, 3.05) is 7.11 Å². The van der Waals surface area contributed by atoms with E-state index in [1.807, 2.05) is 30.5 Å². The van der Waals surface area contributed by atoms with E-state index < -0.39 is 0 Å². The van der Waals surface area contributed by atoms with Gasteiger partial charge in [0.15, 0.2) is 5.69 Å². The normalized spacial score (nSPS) is 12.1. The third-order valence-electron chi connectivity index (χ3n) is 4.88. The molecule has 0 aliphatic carbocycles. The van der Waals surface area contributed by atoms with Crippen LogP contribution in [0.1, 0.15) is 12.6 Å². The Morgan fingerprint density at radius 3 is 2.67 bits per heavy atom. The molecule has 0 aliphatic rings. The van der Waals surface area contributed by atoms with Crippen molar-refractivity contribution in [3.8, 4) is 17.1 Å². The van der Waals surface area contributed by atoms with Crippen LogP contribution in [0.5, 0.6) is 5.75 Å². The second kappa shape index (κ2) is 9.54. The summed E-state index contributed by atoms with van der Waals surface area (Å²) in [6.07, 6.45) is 6.51. The molecular formula is C24H21ClN6O2. The number of nitrogens with two attached hydrogens (primary N) is 1. The smallest absolute Gasteiger partial charge is 0.209 e. The fraction of sp³-hybridized carbons (Fsp3) is 0.0833. The highest BCUT2D eigenvalue weighted by molar-refractivity contribution is 6.30. The Kier molecular flexibility index (Phi) is 6.37. The zero-order valence-corrected chi connectivity index (χ0v) is 18.8. The minimum atomic E-state index is -0.291. The Morgan fingerprint density at radius 1 is 1.12 bits per heavy atom. The average molecular weight is 461 g/mol. The van der Waals surface area contributed by atoms with Gasteiger partial charge >= 0.3 is 0 Å². The Hall–Kier alpha value is -4.17. The molecule has 0 radical (unpaired) electrons. The van der Waals surface area contributed by atoms with Gasteiger partial charge in [-0.3, -0.25) is 4.79 Å². The molecule has 4 rings (SSSR count). The van der Waals surface area contributed by atoms with Crippen LogP contribution in [0.2, 0.25) is 5.02 Å². The predicted molar refractivity (Wildman–Crippen MR) is 129 cm³/mol. The summed E-state index contributed by atoms with van der Waals surface area (Å²) in [4.78, 5) is 17.4. The largest absolute Gasteiger partial charge is 0.494 e. The van der Waals surface area contributed by atoms with Gasteiger partial charge in [0, 0.05) is 35.7 Å². The summed E-state index contributed by atoms with van der Waals surface area (Å²) in [5, 5.41) is 9.35. The molecule has 0 bridgehead atoms. The standard InChI is InChI=1S/C24H21ClN6O2/c1-16(15-26)23(28-18-6-3-5-17(25)13-18)24-21(32)9-12-31(29-24)20-8-7-19(14-22(20)33-2)30-11-4-10-27-30/h3-15H,26H2,1-2H3. The lowest BCUT2D eigenvalue weighted by molar-refractivity contribution is 0.411. The zero-order valence-electron chi connectivity index (χ0n) is 18.0. The van der Waals surface area contributed by atoms with Crippen LogP contribution < -0.4 is 15.9 Å². The molecule has 0 spiro atoms. The number of benzene rings is 2. The molecule has 0 aliphatic heterocycles. The highest BCUT2D eigenvalue weighted by Gasteiger charge is 2.16. The molecule has 0 atom stereocenters. The molecule has 33 heavy (non-hydrogen) atoms. The van der Waals surface area contributed by atoms with Crippen LogP contribution in [-0.2, 0) is 0 Å². The average Bonchev–Trinajstić information content (AvgIpc) is 3.37. The van der Waals surface area contributed by atoms with Gasteiger partial charge in [-0.15, -0.1) is 0 Å². The summed E-state index contributed by atoms with van der Waals surface area (Å²) in [6, 6.07) is 15.9. The summed E-state index contributed by atoms with van der Waals surface area (Å²) in [6.45, 7) is 1.77. The summed E-state index contributed by atoms with van der Waals surface area (Å²) in [7, 11) is 1.57. The third kappa shape index (κ3) is 4.70. The predicted octanol–water partition coefficient (Wildman–Crippen LogP) is 4.06. The first-order valence-electron chi connectivity index (χ1n) is 10.0. The molecule has 0 fully saturated rings. The third-order valence-corrected chi connectivity index (χ3v) is 5.12. The van der Waals surface area contributed by atoms with Crippen LogP contribution >= 0.6 is 11.6 Å². The Balaban J connectivity index is 1.84. The fourth-order valence-electron chi connectivity index (χ4n) is 3.21. The molecule has 2 N–H and O–H groups in total. The molecule has 2 aromatic heterocycles. The number of hydrogen-bond donors (Lipinski definition) is 1. The minimum absolute atomic E-state index is 0.148. The van der Waals surface area contributed by atoms with Gasteiger partial charge in [0.2, 0.25) is 5.43 Å². The number of rotatable bonds is 6. The van der Waals surface area contributed by atoms with Crippen LogP contribution in [0.3, 0.4) is 0 Å². The maximum atomic E-state index is 12.8. The monoisotopic (exact) mass is 460 g/mol.